The SMILES string of the molecule is COc1cc2c(c(OC)c1OC)-c1ccc(OC)c(=O)cc1[C@@H](Nc1ccc([N+](=O)[O-])cc1[N+](=O)[O-])CC2. The van der Waals surface area contributed by atoms with Crippen molar-refractivity contribution in [2.75, 3.05) is 33.8 Å². The van der Waals surface area contributed by atoms with Crippen LogP contribution in [0.3, 0.4) is 0 Å². The van der Waals surface area contributed by atoms with E-state index in [0.29, 0.717) is 46.8 Å². The Labute approximate surface area is 217 Å². The second-order valence-electron chi connectivity index (χ2n) is 8.41. The number of nitro benzene ring substituents is 2. The zero-order valence-corrected chi connectivity index (χ0v) is 21.1. The summed E-state index contributed by atoms with van der Waals surface area (Å²) >= 11 is 0. The summed E-state index contributed by atoms with van der Waals surface area (Å²) in [5.41, 5.74) is 1.52. The van der Waals surface area contributed by atoms with E-state index in [-0.39, 0.29) is 16.9 Å². The number of benzene rings is 2. The second kappa shape index (κ2) is 10.6. The molecule has 12 heteroatoms. The van der Waals surface area contributed by atoms with Crippen molar-refractivity contribution in [2.24, 2.45) is 0 Å². The molecule has 0 spiro atoms. The number of ether oxygens (including phenoxy) is 4. The van der Waals surface area contributed by atoms with Crippen LogP contribution in [0.5, 0.6) is 23.0 Å². The van der Waals surface area contributed by atoms with Crippen molar-refractivity contribution in [3.8, 4) is 34.1 Å². The van der Waals surface area contributed by atoms with Crippen molar-refractivity contribution in [1.82, 2.24) is 0 Å². The highest BCUT2D eigenvalue weighted by Gasteiger charge is 2.30. The number of hydrogen-bond acceptors (Lipinski definition) is 10. The summed E-state index contributed by atoms with van der Waals surface area (Å²) < 4.78 is 22.1. The van der Waals surface area contributed by atoms with E-state index >= 15 is 0 Å². The average molecular weight is 523 g/mol. The Balaban J connectivity index is 1.98. The van der Waals surface area contributed by atoms with Crippen molar-refractivity contribution in [3.05, 3.63) is 84.0 Å². The molecule has 0 amide bonds. The molecule has 1 atom stereocenters. The first kappa shape index (κ1) is 26.2. The molecule has 0 bridgehead atoms. The van der Waals surface area contributed by atoms with E-state index < -0.39 is 27.3 Å². The van der Waals surface area contributed by atoms with Gasteiger partial charge in [0.15, 0.2) is 17.2 Å². The Morgan fingerprint density at radius 3 is 2.16 bits per heavy atom. The van der Waals surface area contributed by atoms with Crippen molar-refractivity contribution in [2.45, 2.75) is 18.9 Å². The predicted molar refractivity (Wildman–Crippen MR) is 139 cm³/mol. The van der Waals surface area contributed by atoms with Gasteiger partial charge in [0.05, 0.1) is 50.4 Å². The smallest absolute Gasteiger partial charge is 0.299 e. The molecule has 0 saturated carbocycles. The van der Waals surface area contributed by atoms with Gasteiger partial charge in [-0.2, -0.15) is 0 Å². The molecule has 0 unspecified atom stereocenters. The third-order valence-electron chi connectivity index (χ3n) is 6.44. The van der Waals surface area contributed by atoms with Crippen LogP contribution >= 0.6 is 0 Å². The molecule has 0 heterocycles. The van der Waals surface area contributed by atoms with Crippen LogP contribution in [-0.4, -0.2) is 38.3 Å². The summed E-state index contributed by atoms with van der Waals surface area (Å²) in [6, 6.07) is 9.33. The third-order valence-corrected chi connectivity index (χ3v) is 6.44. The van der Waals surface area contributed by atoms with Gasteiger partial charge in [-0.25, -0.2) is 0 Å². The van der Waals surface area contributed by atoms with Gasteiger partial charge in [0.25, 0.3) is 11.4 Å². The second-order valence-corrected chi connectivity index (χ2v) is 8.41. The first-order valence-electron chi connectivity index (χ1n) is 11.5. The lowest BCUT2D eigenvalue weighted by atomic mass is 9.95. The highest BCUT2D eigenvalue weighted by atomic mass is 16.6. The first-order valence-corrected chi connectivity index (χ1v) is 11.5. The Hall–Kier alpha value is -4.87. The van der Waals surface area contributed by atoms with Gasteiger partial charge in [-0.1, -0.05) is 6.07 Å². The molecule has 1 N–H and O–H groups in total. The van der Waals surface area contributed by atoms with E-state index in [2.05, 4.69) is 5.32 Å². The lowest BCUT2D eigenvalue weighted by molar-refractivity contribution is -0.393. The highest BCUT2D eigenvalue weighted by Crippen LogP contribution is 2.50. The van der Waals surface area contributed by atoms with Crippen LogP contribution in [0.1, 0.15) is 23.6 Å². The fourth-order valence-electron chi connectivity index (χ4n) is 4.71. The molecule has 198 valence electrons. The third kappa shape index (κ3) is 4.63. The van der Waals surface area contributed by atoms with E-state index in [9.17, 15) is 25.0 Å². The fraction of sp³-hybridized carbons (Fsp3) is 0.269. The maximum atomic E-state index is 13.0. The fourth-order valence-corrected chi connectivity index (χ4v) is 4.71. The van der Waals surface area contributed by atoms with Crippen LogP contribution < -0.4 is 29.7 Å². The summed E-state index contributed by atoms with van der Waals surface area (Å²) in [6.45, 7) is 0. The van der Waals surface area contributed by atoms with Gasteiger partial charge in [0, 0.05) is 11.6 Å². The van der Waals surface area contributed by atoms with Crippen LogP contribution in [-0.2, 0) is 6.42 Å². The summed E-state index contributed by atoms with van der Waals surface area (Å²) in [6.07, 6.45) is 0.896. The van der Waals surface area contributed by atoms with E-state index in [1.807, 2.05) is 6.07 Å². The number of hydrogen-bond donors (Lipinski definition) is 1. The topological polar surface area (TPSA) is 152 Å². The molecule has 12 nitrogen and oxygen atoms in total. The minimum Gasteiger partial charge on any atom is -0.493 e. The van der Waals surface area contributed by atoms with Crippen LogP contribution in [0, 0.1) is 20.2 Å². The van der Waals surface area contributed by atoms with Crippen molar-refractivity contribution in [1.29, 1.82) is 0 Å². The standard InChI is InChI=1S/C26H25N3O9/c1-35-22-10-7-16-17(13-21(22)30)18(27-19-9-6-15(28(31)32)12-20(19)29(33)34)8-5-14-11-23(36-2)25(37-3)26(38-4)24(14)16/h6-7,9-13,18,27H,5,8H2,1-4H3/t18-/m0/s1. The number of methoxy groups -OCH3 is 4. The lowest BCUT2D eigenvalue weighted by Gasteiger charge is -2.20. The van der Waals surface area contributed by atoms with Crippen LogP contribution in [0.2, 0.25) is 0 Å². The van der Waals surface area contributed by atoms with Gasteiger partial charge < -0.3 is 24.3 Å². The normalized spacial score (nSPS) is 13.8. The Bertz CT molecular complexity index is 1490. The lowest BCUT2D eigenvalue weighted by Crippen LogP contribution is -2.14. The zero-order valence-electron chi connectivity index (χ0n) is 21.1. The first-order chi connectivity index (χ1) is 18.2. The number of fused-ring (bicyclic) bond motifs is 3. The van der Waals surface area contributed by atoms with Crippen molar-refractivity contribution < 1.29 is 28.8 Å². The van der Waals surface area contributed by atoms with Gasteiger partial charge in [-0.05, 0) is 53.8 Å². The number of non-ortho nitro benzene ring substituents is 1. The summed E-state index contributed by atoms with van der Waals surface area (Å²) in [5, 5.41) is 26.1. The Kier molecular flexibility index (Phi) is 7.33. The molecular weight excluding hydrogens is 498 g/mol. The molecule has 0 saturated heterocycles. The molecule has 3 aromatic carbocycles. The van der Waals surface area contributed by atoms with E-state index in [1.165, 1.54) is 46.6 Å². The van der Waals surface area contributed by atoms with Gasteiger partial charge >= 0.3 is 0 Å². The molecule has 4 rings (SSSR count). The average Bonchev–Trinajstić information content (AvgIpc) is 3.15. The molecule has 0 aromatic heterocycles. The van der Waals surface area contributed by atoms with Crippen LogP contribution in [0.15, 0.2) is 47.3 Å². The summed E-state index contributed by atoms with van der Waals surface area (Å²) in [7, 11) is 5.90. The number of rotatable bonds is 8. The molecule has 1 aliphatic carbocycles. The monoisotopic (exact) mass is 523 g/mol. The molecule has 0 fully saturated rings. The van der Waals surface area contributed by atoms with Gasteiger partial charge in [0.2, 0.25) is 11.2 Å². The summed E-state index contributed by atoms with van der Waals surface area (Å²) in [4.78, 5) is 34.6. The van der Waals surface area contributed by atoms with E-state index in [1.54, 1.807) is 12.1 Å². The molecule has 38 heavy (non-hydrogen) atoms. The number of nitrogens with one attached hydrogen (secondary N) is 1. The van der Waals surface area contributed by atoms with Crippen LogP contribution in [0.25, 0.3) is 11.1 Å². The molecular formula is C26H25N3O9. The Morgan fingerprint density at radius 2 is 1.55 bits per heavy atom. The van der Waals surface area contributed by atoms with Crippen molar-refractivity contribution >= 4 is 17.1 Å². The summed E-state index contributed by atoms with van der Waals surface area (Å²) in [5.74, 6) is 1.35. The Morgan fingerprint density at radius 1 is 0.842 bits per heavy atom. The van der Waals surface area contributed by atoms with Gasteiger partial charge in [0.1, 0.15) is 5.69 Å². The zero-order chi connectivity index (χ0) is 27.6. The number of nitro groups is 2. The minimum atomic E-state index is -0.697. The number of aryl methyl sites for hydroxylation is 1. The van der Waals surface area contributed by atoms with E-state index in [0.717, 1.165) is 11.6 Å². The quantitative estimate of drug-likeness (QED) is 0.326. The molecule has 3 aromatic rings. The maximum absolute atomic E-state index is 13.0. The predicted octanol–water partition coefficient (Wildman–Crippen LogP) is 4.66. The number of anilines is 1. The highest BCUT2D eigenvalue weighted by molar-refractivity contribution is 5.83. The van der Waals surface area contributed by atoms with Crippen LogP contribution in [0.4, 0.5) is 17.1 Å². The molecule has 1 aliphatic rings. The number of nitrogens with zero attached hydrogens (tertiary/aromatic N) is 2. The maximum Gasteiger partial charge on any atom is 0.299 e. The van der Waals surface area contributed by atoms with Gasteiger partial charge in [-0.15, -0.1) is 0 Å². The molecule has 0 aliphatic heterocycles. The van der Waals surface area contributed by atoms with Crippen molar-refractivity contribution in [3.63, 3.8) is 0 Å². The van der Waals surface area contributed by atoms with E-state index in [4.69, 9.17) is 18.9 Å². The largest absolute Gasteiger partial charge is 0.493 e. The molecule has 0 radical (unpaired) electrons. The minimum absolute atomic E-state index is 0.0792. The van der Waals surface area contributed by atoms with Gasteiger partial charge in [-0.3, -0.25) is 25.0 Å².